The van der Waals surface area contributed by atoms with E-state index < -0.39 is 11.7 Å². The highest BCUT2D eigenvalue weighted by Gasteiger charge is 2.30. The van der Waals surface area contributed by atoms with Crippen LogP contribution < -0.4 is 5.32 Å². The lowest BCUT2D eigenvalue weighted by Gasteiger charge is -2.14. The van der Waals surface area contributed by atoms with E-state index in [4.69, 9.17) is 16.3 Å². The minimum atomic E-state index is -4.32. The summed E-state index contributed by atoms with van der Waals surface area (Å²) in [5.41, 5.74) is 0.763. The molecular formula is C14H17ClF3NO. The lowest BCUT2D eigenvalue weighted by molar-refractivity contribution is -0.137. The molecular weight excluding hydrogens is 291 g/mol. The second kappa shape index (κ2) is 6.78. The zero-order valence-corrected chi connectivity index (χ0v) is 11.7. The molecule has 0 bridgehead atoms. The Balaban J connectivity index is 1.96. The Morgan fingerprint density at radius 2 is 2.10 bits per heavy atom. The molecule has 0 radical (unpaired) electrons. The molecule has 1 saturated heterocycles. The van der Waals surface area contributed by atoms with Crippen molar-refractivity contribution < 1.29 is 17.9 Å². The lowest BCUT2D eigenvalue weighted by atomic mass is 10.0. The molecule has 0 unspecified atom stereocenters. The molecule has 1 N–H and O–H groups in total. The normalized spacial score (nSPS) is 19.5. The summed E-state index contributed by atoms with van der Waals surface area (Å²) in [6.45, 7) is 2.18. The quantitative estimate of drug-likeness (QED) is 0.842. The fourth-order valence-corrected chi connectivity index (χ4v) is 2.53. The van der Waals surface area contributed by atoms with Gasteiger partial charge in [0.15, 0.2) is 0 Å². The van der Waals surface area contributed by atoms with Crippen LogP contribution in [0.2, 0.25) is 0 Å². The van der Waals surface area contributed by atoms with Crippen molar-refractivity contribution in [1.82, 2.24) is 5.32 Å². The van der Waals surface area contributed by atoms with Gasteiger partial charge in [-0.15, -0.1) is 11.6 Å². The number of rotatable bonds is 5. The number of alkyl halides is 4. The molecule has 0 saturated carbocycles. The predicted molar refractivity (Wildman–Crippen MR) is 71.9 cm³/mol. The second-order valence-corrected chi connectivity index (χ2v) is 5.15. The van der Waals surface area contributed by atoms with Crippen LogP contribution in [-0.4, -0.2) is 25.8 Å². The van der Waals surface area contributed by atoms with Gasteiger partial charge in [0, 0.05) is 18.5 Å². The summed E-state index contributed by atoms with van der Waals surface area (Å²) in [5, 5.41) is 3.34. The molecule has 1 fully saturated rings. The van der Waals surface area contributed by atoms with Crippen molar-refractivity contribution in [2.24, 2.45) is 0 Å². The molecule has 1 aliphatic rings. The molecule has 0 spiro atoms. The Bertz CT molecular complexity index is 445. The molecule has 1 aromatic carbocycles. The van der Waals surface area contributed by atoms with E-state index >= 15 is 0 Å². The molecule has 6 heteroatoms. The average molecular weight is 308 g/mol. The zero-order valence-electron chi connectivity index (χ0n) is 11.0. The van der Waals surface area contributed by atoms with Crippen molar-refractivity contribution in [2.45, 2.75) is 30.9 Å². The number of nitrogens with one attached hydrogen (secondary N) is 1. The lowest BCUT2D eigenvalue weighted by Crippen LogP contribution is -2.31. The van der Waals surface area contributed by atoms with E-state index in [9.17, 15) is 13.2 Å². The van der Waals surface area contributed by atoms with E-state index in [0.717, 1.165) is 30.7 Å². The third-order valence-electron chi connectivity index (χ3n) is 3.43. The summed E-state index contributed by atoms with van der Waals surface area (Å²) in [4.78, 5) is 0. The van der Waals surface area contributed by atoms with Crippen molar-refractivity contribution >= 4 is 11.6 Å². The predicted octanol–water partition coefficient (Wildman–Crippen LogP) is 3.37. The van der Waals surface area contributed by atoms with Gasteiger partial charge in [-0.1, -0.05) is 6.07 Å². The maximum atomic E-state index is 12.6. The summed E-state index contributed by atoms with van der Waals surface area (Å²) in [6, 6.07) is 4.13. The monoisotopic (exact) mass is 307 g/mol. The summed E-state index contributed by atoms with van der Waals surface area (Å²) >= 11 is 5.75. The molecule has 0 aromatic heterocycles. The van der Waals surface area contributed by atoms with Crippen molar-refractivity contribution in [3.63, 3.8) is 0 Å². The van der Waals surface area contributed by atoms with Crippen molar-refractivity contribution in [1.29, 1.82) is 0 Å². The van der Waals surface area contributed by atoms with Gasteiger partial charge in [-0.2, -0.15) is 13.2 Å². The third-order valence-corrected chi connectivity index (χ3v) is 3.72. The molecule has 0 aliphatic carbocycles. The Labute approximate surface area is 121 Å². The Morgan fingerprint density at radius 1 is 1.30 bits per heavy atom. The molecule has 112 valence electrons. The topological polar surface area (TPSA) is 21.3 Å². The van der Waals surface area contributed by atoms with Crippen LogP contribution in [0.15, 0.2) is 18.2 Å². The van der Waals surface area contributed by atoms with E-state index in [1.807, 2.05) is 0 Å². The SMILES string of the molecule is FC(F)(F)c1ccc(CCN[C@@H]2CCOC2)c(CCl)c1. The van der Waals surface area contributed by atoms with Crippen LogP contribution >= 0.6 is 11.6 Å². The van der Waals surface area contributed by atoms with Gasteiger partial charge >= 0.3 is 6.18 Å². The zero-order chi connectivity index (χ0) is 14.6. The first-order chi connectivity index (χ1) is 9.50. The summed E-state index contributed by atoms with van der Waals surface area (Å²) in [5.74, 6) is 0.0891. The first kappa shape index (κ1) is 15.6. The number of halogens is 4. The van der Waals surface area contributed by atoms with Crippen LogP contribution in [0, 0.1) is 0 Å². The molecule has 0 amide bonds. The van der Waals surface area contributed by atoms with Crippen molar-refractivity contribution in [3.05, 3.63) is 34.9 Å². The second-order valence-electron chi connectivity index (χ2n) is 4.88. The Morgan fingerprint density at radius 3 is 2.70 bits per heavy atom. The Hall–Kier alpha value is -0.780. The average Bonchev–Trinajstić information content (AvgIpc) is 2.91. The van der Waals surface area contributed by atoms with E-state index in [1.54, 1.807) is 0 Å². The smallest absolute Gasteiger partial charge is 0.380 e. The number of hydrogen-bond acceptors (Lipinski definition) is 2. The molecule has 1 aliphatic heterocycles. The first-order valence-corrected chi connectivity index (χ1v) is 7.10. The van der Waals surface area contributed by atoms with Gasteiger partial charge in [0.25, 0.3) is 0 Å². The third kappa shape index (κ3) is 4.11. The molecule has 20 heavy (non-hydrogen) atoms. The molecule has 2 nitrogen and oxygen atoms in total. The minimum Gasteiger partial charge on any atom is -0.380 e. The maximum absolute atomic E-state index is 12.6. The summed E-state index contributed by atoms with van der Waals surface area (Å²) in [7, 11) is 0. The van der Waals surface area contributed by atoms with Gasteiger partial charge in [0.05, 0.1) is 12.2 Å². The van der Waals surface area contributed by atoms with E-state index in [2.05, 4.69) is 5.32 Å². The molecule has 1 atom stereocenters. The standard InChI is InChI=1S/C14H17ClF3NO/c15-8-11-7-12(14(16,17)18)2-1-10(11)3-5-19-13-4-6-20-9-13/h1-2,7,13,19H,3-6,8-9H2/t13-/m1/s1. The summed E-state index contributed by atoms with van der Waals surface area (Å²) in [6.07, 6.45) is -2.68. The van der Waals surface area contributed by atoms with Crippen LogP contribution in [0.3, 0.4) is 0 Å². The van der Waals surface area contributed by atoms with Gasteiger partial charge in [0.2, 0.25) is 0 Å². The fraction of sp³-hybridized carbons (Fsp3) is 0.571. The highest BCUT2D eigenvalue weighted by atomic mass is 35.5. The van der Waals surface area contributed by atoms with Gasteiger partial charge < -0.3 is 10.1 Å². The molecule has 1 aromatic rings. The summed E-state index contributed by atoms with van der Waals surface area (Å²) < 4.78 is 43.1. The van der Waals surface area contributed by atoms with Gasteiger partial charge in [-0.3, -0.25) is 0 Å². The molecule has 2 rings (SSSR count). The van der Waals surface area contributed by atoms with Crippen LogP contribution in [0.5, 0.6) is 0 Å². The first-order valence-electron chi connectivity index (χ1n) is 6.57. The van der Waals surface area contributed by atoms with Crippen molar-refractivity contribution in [2.75, 3.05) is 19.8 Å². The van der Waals surface area contributed by atoms with Crippen LogP contribution in [0.25, 0.3) is 0 Å². The fourth-order valence-electron chi connectivity index (χ4n) is 2.28. The Kier molecular flexibility index (Phi) is 5.29. The van der Waals surface area contributed by atoms with E-state index in [0.29, 0.717) is 31.2 Å². The van der Waals surface area contributed by atoms with Crippen LogP contribution in [-0.2, 0) is 23.2 Å². The van der Waals surface area contributed by atoms with Crippen LogP contribution in [0.1, 0.15) is 23.1 Å². The van der Waals surface area contributed by atoms with Gasteiger partial charge in [-0.25, -0.2) is 0 Å². The highest BCUT2D eigenvalue weighted by molar-refractivity contribution is 6.17. The van der Waals surface area contributed by atoms with Gasteiger partial charge in [0.1, 0.15) is 0 Å². The largest absolute Gasteiger partial charge is 0.416 e. The highest BCUT2D eigenvalue weighted by Crippen LogP contribution is 2.31. The maximum Gasteiger partial charge on any atom is 0.416 e. The van der Waals surface area contributed by atoms with E-state index in [-0.39, 0.29) is 5.88 Å². The van der Waals surface area contributed by atoms with Crippen molar-refractivity contribution in [3.8, 4) is 0 Å². The van der Waals surface area contributed by atoms with Crippen LogP contribution in [0.4, 0.5) is 13.2 Å². The van der Waals surface area contributed by atoms with Gasteiger partial charge in [-0.05, 0) is 42.6 Å². The minimum absolute atomic E-state index is 0.0891. The van der Waals surface area contributed by atoms with E-state index in [1.165, 1.54) is 6.07 Å². The number of ether oxygens (including phenoxy) is 1. The molecule has 1 heterocycles. The number of benzene rings is 1. The number of hydrogen-bond donors (Lipinski definition) is 1.